The van der Waals surface area contributed by atoms with Gasteiger partial charge in [0.25, 0.3) is 0 Å². The van der Waals surface area contributed by atoms with E-state index in [4.69, 9.17) is 15.2 Å². The van der Waals surface area contributed by atoms with Gasteiger partial charge in [-0.05, 0) is 40.8 Å². The van der Waals surface area contributed by atoms with Gasteiger partial charge in [-0.25, -0.2) is 0 Å². The highest BCUT2D eigenvalue weighted by molar-refractivity contribution is 14.1. The quantitative estimate of drug-likeness (QED) is 0.795. The van der Waals surface area contributed by atoms with E-state index in [1.165, 1.54) is 0 Å². The van der Waals surface area contributed by atoms with Gasteiger partial charge in [0.1, 0.15) is 12.7 Å². The minimum atomic E-state index is -0.00689. The van der Waals surface area contributed by atoms with Crippen LogP contribution >= 0.6 is 22.6 Å². The lowest BCUT2D eigenvalue weighted by Gasteiger charge is -2.25. The first-order chi connectivity index (χ1) is 6.29. The van der Waals surface area contributed by atoms with Gasteiger partial charge in [-0.1, -0.05) is 0 Å². The van der Waals surface area contributed by atoms with Crippen LogP contribution in [0.15, 0.2) is 18.2 Å². The van der Waals surface area contributed by atoms with Gasteiger partial charge < -0.3 is 15.2 Å². The summed E-state index contributed by atoms with van der Waals surface area (Å²) in [4.78, 5) is 0. The Balaban J connectivity index is 2.26. The number of hydrogen-bond donors (Lipinski definition) is 1. The molecule has 0 unspecified atom stereocenters. The van der Waals surface area contributed by atoms with Crippen LogP contribution in [-0.4, -0.2) is 19.3 Å². The van der Waals surface area contributed by atoms with E-state index in [2.05, 4.69) is 22.6 Å². The molecular formula is C9H10INO2. The molecule has 1 aromatic carbocycles. The zero-order chi connectivity index (χ0) is 9.26. The molecule has 1 aliphatic rings. The van der Waals surface area contributed by atoms with E-state index >= 15 is 0 Å². The summed E-state index contributed by atoms with van der Waals surface area (Å²) in [7, 11) is 0. The van der Waals surface area contributed by atoms with Crippen LogP contribution in [0.1, 0.15) is 0 Å². The Morgan fingerprint density at radius 2 is 2.31 bits per heavy atom. The predicted octanol–water partition coefficient (Wildman–Crippen LogP) is 1.39. The molecular weight excluding hydrogens is 281 g/mol. The van der Waals surface area contributed by atoms with E-state index < -0.39 is 0 Å². The van der Waals surface area contributed by atoms with Crippen molar-refractivity contribution in [3.05, 3.63) is 21.8 Å². The van der Waals surface area contributed by atoms with Crippen LogP contribution in [0.4, 0.5) is 0 Å². The first-order valence-electron chi connectivity index (χ1n) is 4.08. The average Bonchev–Trinajstić information content (AvgIpc) is 2.17. The minimum Gasteiger partial charge on any atom is -0.486 e. The maximum absolute atomic E-state index is 5.58. The standard InChI is InChI=1S/C9H10INO2/c10-6-1-2-8-9(3-6)12-5-7(4-11)13-8/h1-3,7H,4-5,11H2/t7-/m0/s1. The van der Waals surface area contributed by atoms with Crippen molar-refractivity contribution in [2.24, 2.45) is 5.73 Å². The van der Waals surface area contributed by atoms with E-state index in [1.54, 1.807) is 0 Å². The summed E-state index contributed by atoms with van der Waals surface area (Å²) >= 11 is 2.24. The number of rotatable bonds is 1. The van der Waals surface area contributed by atoms with E-state index in [0.29, 0.717) is 13.2 Å². The van der Waals surface area contributed by atoms with E-state index in [9.17, 15) is 0 Å². The molecule has 1 heterocycles. The maximum Gasteiger partial charge on any atom is 0.162 e. The molecule has 0 fully saturated rings. The van der Waals surface area contributed by atoms with Crippen molar-refractivity contribution in [2.75, 3.05) is 13.2 Å². The molecule has 0 aromatic heterocycles. The van der Waals surface area contributed by atoms with Crippen LogP contribution in [0.5, 0.6) is 11.5 Å². The largest absolute Gasteiger partial charge is 0.486 e. The predicted molar refractivity (Wildman–Crippen MR) is 58.1 cm³/mol. The van der Waals surface area contributed by atoms with Gasteiger partial charge in [0.15, 0.2) is 11.5 Å². The number of ether oxygens (including phenoxy) is 2. The molecule has 1 aromatic rings. The SMILES string of the molecule is NC[C@H]1COc2cc(I)ccc2O1. The van der Waals surface area contributed by atoms with Crippen molar-refractivity contribution in [3.8, 4) is 11.5 Å². The number of nitrogens with two attached hydrogens (primary N) is 1. The number of benzene rings is 1. The zero-order valence-corrected chi connectivity index (χ0v) is 9.15. The molecule has 13 heavy (non-hydrogen) atoms. The lowest BCUT2D eigenvalue weighted by molar-refractivity contribution is 0.0968. The lowest BCUT2D eigenvalue weighted by atomic mass is 10.2. The second-order valence-corrected chi connectivity index (χ2v) is 4.12. The van der Waals surface area contributed by atoms with E-state index in [-0.39, 0.29) is 6.10 Å². The van der Waals surface area contributed by atoms with Crippen LogP contribution in [0.2, 0.25) is 0 Å². The Bertz CT molecular complexity index is 316. The number of fused-ring (bicyclic) bond motifs is 1. The van der Waals surface area contributed by atoms with Gasteiger partial charge in [0.05, 0.1) is 0 Å². The molecule has 2 rings (SSSR count). The molecule has 0 aliphatic carbocycles. The van der Waals surface area contributed by atoms with Crippen molar-refractivity contribution >= 4 is 22.6 Å². The van der Waals surface area contributed by atoms with Crippen LogP contribution in [0.3, 0.4) is 0 Å². The molecule has 1 atom stereocenters. The average molecular weight is 291 g/mol. The molecule has 3 nitrogen and oxygen atoms in total. The minimum absolute atomic E-state index is 0.00689. The Kier molecular flexibility index (Phi) is 2.59. The number of halogens is 1. The second kappa shape index (κ2) is 3.71. The summed E-state index contributed by atoms with van der Waals surface area (Å²) in [6, 6.07) is 5.86. The highest BCUT2D eigenvalue weighted by Crippen LogP contribution is 2.32. The molecule has 4 heteroatoms. The maximum atomic E-state index is 5.58. The van der Waals surface area contributed by atoms with Crippen molar-refractivity contribution in [3.63, 3.8) is 0 Å². The monoisotopic (exact) mass is 291 g/mol. The molecule has 0 bridgehead atoms. The smallest absolute Gasteiger partial charge is 0.162 e. The zero-order valence-electron chi connectivity index (χ0n) is 7.00. The third-order valence-electron chi connectivity index (χ3n) is 1.89. The third kappa shape index (κ3) is 1.88. The van der Waals surface area contributed by atoms with Gasteiger partial charge >= 0.3 is 0 Å². The second-order valence-electron chi connectivity index (χ2n) is 2.88. The van der Waals surface area contributed by atoms with Gasteiger partial charge in [-0.2, -0.15) is 0 Å². The summed E-state index contributed by atoms with van der Waals surface area (Å²) in [6.07, 6.45) is -0.00689. The Morgan fingerprint density at radius 1 is 1.46 bits per heavy atom. The third-order valence-corrected chi connectivity index (χ3v) is 2.56. The highest BCUT2D eigenvalue weighted by atomic mass is 127. The van der Waals surface area contributed by atoms with Gasteiger partial charge in [0.2, 0.25) is 0 Å². The molecule has 0 amide bonds. The topological polar surface area (TPSA) is 44.5 Å². The van der Waals surface area contributed by atoms with Crippen LogP contribution in [-0.2, 0) is 0 Å². The fourth-order valence-corrected chi connectivity index (χ4v) is 1.67. The fraction of sp³-hybridized carbons (Fsp3) is 0.333. The fourth-order valence-electron chi connectivity index (χ4n) is 1.20. The van der Waals surface area contributed by atoms with Gasteiger partial charge in [0, 0.05) is 10.1 Å². The molecule has 0 spiro atoms. The van der Waals surface area contributed by atoms with E-state index in [0.717, 1.165) is 15.1 Å². The van der Waals surface area contributed by atoms with Gasteiger partial charge in [-0.3, -0.25) is 0 Å². The van der Waals surface area contributed by atoms with Crippen molar-refractivity contribution in [2.45, 2.75) is 6.10 Å². The number of hydrogen-bond acceptors (Lipinski definition) is 3. The first kappa shape index (κ1) is 9.08. The van der Waals surface area contributed by atoms with Crippen LogP contribution in [0.25, 0.3) is 0 Å². The van der Waals surface area contributed by atoms with Crippen molar-refractivity contribution < 1.29 is 9.47 Å². The summed E-state index contributed by atoms with van der Waals surface area (Å²) < 4.78 is 12.2. The molecule has 0 saturated carbocycles. The molecule has 0 saturated heterocycles. The lowest BCUT2D eigenvalue weighted by Crippen LogP contribution is -2.35. The van der Waals surface area contributed by atoms with Crippen molar-refractivity contribution in [1.29, 1.82) is 0 Å². The Labute approximate surface area is 90.3 Å². The van der Waals surface area contributed by atoms with Crippen LogP contribution < -0.4 is 15.2 Å². The first-order valence-corrected chi connectivity index (χ1v) is 5.16. The van der Waals surface area contributed by atoms with Crippen molar-refractivity contribution in [1.82, 2.24) is 0 Å². The molecule has 1 aliphatic heterocycles. The molecule has 2 N–H and O–H groups in total. The summed E-state index contributed by atoms with van der Waals surface area (Å²) in [6.45, 7) is 1.04. The van der Waals surface area contributed by atoms with E-state index in [1.807, 2.05) is 18.2 Å². The summed E-state index contributed by atoms with van der Waals surface area (Å²) in [5, 5.41) is 0. The normalized spacial score (nSPS) is 20.0. The summed E-state index contributed by atoms with van der Waals surface area (Å²) in [5.74, 6) is 1.61. The Morgan fingerprint density at radius 3 is 3.08 bits per heavy atom. The molecule has 0 radical (unpaired) electrons. The molecule has 70 valence electrons. The summed E-state index contributed by atoms with van der Waals surface area (Å²) in [5.41, 5.74) is 5.48. The highest BCUT2D eigenvalue weighted by Gasteiger charge is 2.19. The van der Waals surface area contributed by atoms with Crippen LogP contribution in [0, 0.1) is 3.57 Å². The van der Waals surface area contributed by atoms with Gasteiger partial charge in [-0.15, -0.1) is 0 Å². The Hall–Kier alpha value is -0.490.